The maximum Gasteiger partial charge on any atom is 0.416 e. The molecule has 6 heteroatoms. The van der Waals surface area contributed by atoms with Crippen molar-refractivity contribution in [3.8, 4) is 0 Å². The highest BCUT2D eigenvalue weighted by molar-refractivity contribution is 5.94. The van der Waals surface area contributed by atoms with Gasteiger partial charge in [0, 0.05) is 24.3 Å². The number of nitrogen functional groups attached to an aromatic ring is 1. The summed E-state index contributed by atoms with van der Waals surface area (Å²) in [4.78, 5) is 14.1. The normalized spacial score (nSPS) is 14.5. The van der Waals surface area contributed by atoms with Gasteiger partial charge in [0.1, 0.15) is 0 Å². The maximum atomic E-state index is 12.6. The number of hydrogen-bond acceptors (Lipinski definition) is 2. The Balaban J connectivity index is 1.79. The van der Waals surface area contributed by atoms with E-state index in [1.54, 1.807) is 4.90 Å². The monoisotopic (exact) mass is 320 g/mol. The molecule has 0 aliphatic carbocycles. The molecule has 3 nitrogen and oxygen atoms in total. The topological polar surface area (TPSA) is 46.3 Å². The lowest BCUT2D eigenvalue weighted by Gasteiger charge is -2.29. The molecule has 1 aliphatic rings. The van der Waals surface area contributed by atoms with Crippen molar-refractivity contribution in [3.05, 3.63) is 64.7 Å². The zero-order valence-electron chi connectivity index (χ0n) is 12.2. The molecular formula is C17H15F3N2O. The van der Waals surface area contributed by atoms with Gasteiger partial charge >= 0.3 is 6.18 Å². The highest BCUT2D eigenvalue weighted by Crippen LogP contribution is 2.29. The van der Waals surface area contributed by atoms with Crippen LogP contribution in [0, 0.1) is 0 Å². The molecule has 0 fully saturated rings. The van der Waals surface area contributed by atoms with E-state index < -0.39 is 11.7 Å². The van der Waals surface area contributed by atoms with E-state index in [9.17, 15) is 18.0 Å². The second kappa shape index (κ2) is 5.61. The van der Waals surface area contributed by atoms with Crippen LogP contribution in [0.5, 0.6) is 0 Å². The van der Waals surface area contributed by atoms with Crippen LogP contribution in [0.2, 0.25) is 0 Å². The number of fused-ring (bicyclic) bond motifs is 1. The first kappa shape index (κ1) is 15.4. The summed E-state index contributed by atoms with van der Waals surface area (Å²) in [5.74, 6) is -0.271. The summed E-state index contributed by atoms with van der Waals surface area (Å²) in [5.41, 5.74) is 8.02. The summed E-state index contributed by atoms with van der Waals surface area (Å²) in [6, 6.07) is 9.92. The molecule has 2 aromatic carbocycles. The number of alkyl halides is 3. The van der Waals surface area contributed by atoms with E-state index in [1.165, 1.54) is 12.1 Å². The summed E-state index contributed by atoms with van der Waals surface area (Å²) in [7, 11) is 0. The highest BCUT2D eigenvalue weighted by Gasteiger charge is 2.30. The summed E-state index contributed by atoms with van der Waals surface area (Å²) in [6.45, 7) is 0.955. The van der Waals surface area contributed by atoms with Crippen LogP contribution in [-0.4, -0.2) is 17.4 Å². The number of carbonyl (C=O) groups excluding carboxylic acids is 1. The molecule has 120 valence electrons. The number of halogens is 3. The van der Waals surface area contributed by atoms with E-state index in [0.717, 1.165) is 23.3 Å². The largest absolute Gasteiger partial charge is 0.416 e. The van der Waals surface area contributed by atoms with Crippen molar-refractivity contribution in [2.75, 3.05) is 12.3 Å². The Bertz CT molecular complexity index is 738. The fourth-order valence-corrected chi connectivity index (χ4v) is 2.73. The first-order chi connectivity index (χ1) is 10.8. The van der Waals surface area contributed by atoms with Crippen molar-refractivity contribution in [1.82, 2.24) is 4.90 Å². The van der Waals surface area contributed by atoms with E-state index in [2.05, 4.69) is 0 Å². The van der Waals surface area contributed by atoms with E-state index in [1.807, 2.05) is 18.2 Å². The molecule has 0 aromatic heterocycles. The summed E-state index contributed by atoms with van der Waals surface area (Å²) >= 11 is 0. The standard InChI is InChI=1S/C17H15F3N2O/c18-17(19,20)14-4-1-12(2-5-14)16(23)22-8-7-11-3-6-15(21)9-13(11)10-22/h1-6,9H,7-8,10,21H2. The minimum Gasteiger partial charge on any atom is -0.399 e. The van der Waals surface area contributed by atoms with Gasteiger partial charge in [-0.15, -0.1) is 0 Å². The fraction of sp³-hybridized carbons (Fsp3) is 0.235. The van der Waals surface area contributed by atoms with Crippen molar-refractivity contribution in [1.29, 1.82) is 0 Å². The van der Waals surface area contributed by atoms with Crippen LogP contribution in [0.1, 0.15) is 27.0 Å². The lowest BCUT2D eigenvalue weighted by atomic mass is 9.98. The van der Waals surface area contributed by atoms with Crippen LogP contribution in [0.4, 0.5) is 18.9 Å². The van der Waals surface area contributed by atoms with Gasteiger partial charge in [-0.2, -0.15) is 13.2 Å². The highest BCUT2D eigenvalue weighted by atomic mass is 19.4. The van der Waals surface area contributed by atoms with Crippen molar-refractivity contribution < 1.29 is 18.0 Å². The van der Waals surface area contributed by atoms with Gasteiger partial charge < -0.3 is 10.6 Å². The molecule has 0 saturated carbocycles. The van der Waals surface area contributed by atoms with Crippen LogP contribution in [-0.2, 0) is 19.1 Å². The molecule has 0 atom stereocenters. The number of rotatable bonds is 1. The molecular weight excluding hydrogens is 305 g/mol. The number of hydrogen-bond donors (Lipinski definition) is 1. The second-order valence-corrected chi connectivity index (χ2v) is 5.58. The zero-order chi connectivity index (χ0) is 16.6. The van der Waals surface area contributed by atoms with Gasteiger partial charge in [-0.1, -0.05) is 6.07 Å². The molecule has 0 unspecified atom stereocenters. The number of carbonyl (C=O) groups is 1. The van der Waals surface area contributed by atoms with Gasteiger partial charge in [-0.3, -0.25) is 4.79 Å². The van der Waals surface area contributed by atoms with Gasteiger partial charge in [-0.25, -0.2) is 0 Å². The maximum absolute atomic E-state index is 12.6. The molecule has 0 radical (unpaired) electrons. The quantitative estimate of drug-likeness (QED) is 0.818. The number of nitrogens with zero attached hydrogens (tertiary/aromatic N) is 1. The molecule has 0 bridgehead atoms. The Kier molecular flexibility index (Phi) is 3.75. The predicted molar refractivity (Wildman–Crippen MR) is 80.7 cm³/mol. The summed E-state index contributed by atoms with van der Waals surface area (Å²) in [6.07, 6.45) is -3.69. The van der Waals surface area contributed by atoms with E-state index in [-0.39, 0.29) is 11.5 Å². The average Bonchev–Trinajstić information content (AvgIpc) is 2.52. The third-order valence-electron chi connectivity index (χ3n) is 3.99. The van der Waals surface area contributed by atoms with Crippen LogP contribution >= 0.6 is 0 Å². The first-order valence-electron chi connectivity index (χ1n) is 7.18. The Morgan fingerprint density at radius 1 is 1.04 bits per heavy atom. The van der Waals surface area contributed by atoms with Crippen LogP contribution < -0.4 is 5.73 Å². The van der Waals surface area contributed by atoms with Crippen LogP contribution in [0.3, 0.4) is 0 Å². The minimum atomic E-state index is -4.40. The Morgan fingerprint density at radius 3 is 2.39 bits per heavy atom. The first-order valence-corrected chi connectivity index (χ1v) is 7.18. The lowest BCUT2D eigenvalue weighted by molar-refractivity contribution is -0.137. The van der Waals surface area contributed by atoms with Crippen LogP contribution in [0.15, 0.2) is 42.5 Å². The Morgan fingerprint density at radius 2 is 1.74 bits per heavy atom. The lowest BCUT2D eigenvalue weighted by Crippen LogP contribution is -2.36. The molecule has 23 heavy (non-hydrogen) atoms. The number of nitrogens with two attached hydrogens (primary N) is 1. The summed E-state index contributed by atoms with van der Waals surface area (Å²) in [5, 5.41) is 0. The molecule has 0 spiro atoms. The fourth-order valence-electron chi connectivity index (χ4n) is 2.73. The third-order valence-corrected chi connectivity index (χ3v) is 3.99. The van der Waals surface area contributed by atoms with Crippen LogP contribution in [0.25, 0.3) is 0 Å². The molecule has 0 saturated heterocycles. The van der Waals surface area contributed by atoms with Crippen molar-refractivity contribution in [2.24, 2.45) is 0 Å². The molecule has 1 heterocycles. The summed E-state index contributed by atoms with van der Waals surface area (Å²) < 4.78 is 37.7. The molecule has 2 N–H and O–H groups in total. The van der Waals surface area contributed by atoms with E-state index >= 15 is 0 Å². The van der Waals surface area contributed by atoms with Gasteiger partial charge in [-0.05, 0) is 53.9 Å². The van der Waals surface area contributed by atoms with E-state index in [0.29, 0.717) is 25.2 Å². The third kappa shape index (κ3) is 3.16. The van der Waals surface area contributed by atoms with E-state index in [4.69, 9.17) is 5.73 Å². The molecule has 1 amide bonds. The predicted octanol–water partition coefficient (Wildman–Crippen LogP) is 3.49. The molecule has 3 rings (SSSR count). The zero-order valence-corrected chi connectivity index (χ0v) is 12.2. The second-order valence-electron chi connectivity index (χ2n) is 5.58. The van der Waals surface area contributed by atoms with Crippen molar-refractivity contribution >= 4 is 11.6 Å². The minimum absolute atomic E-state index is 0.255. The molecule has 1 aliphatic heterocycles. The van der Waals surface area contributed by atoms with Gasteiger partial charge in [0.15, 0.2) is 0 Å². The SMILES string of the molecule is Nc1ccc2c(c1)CN(C(=O)c1ccc(C(F)(F)F)cc1)CC2. The number of anilines is 1. The van der Waals surface area contributed by atoms with Gasteiger partial charge in [0.25, 0.3) is 5.91 Å². The van der Waals surface area contributed by atoms with Crippen molar-refractivity contribution in [2.45, 2.75) is 19.1 Å². The molecule has 2 aromatic rings. The Labute approximate surface area is 131 Å². The average molecular weight is 320 g/mol. The van der Waals surface area contributed by atoms with Gasteiger partial charge in [0.05, 0.1) is 5.56 Å². The smallest absolute Gasteiger partial charge is 0.399 e. The Hall–Kier alpha value is -2.50. The van der Waals surface area contributed by atoms with Crippen molar-refractivity contribution in [3.63, 3.8) is 0 Å². The number of benzene rings is 2. The van der Waals surface area contributed by atoms with Gasteiger partial charge in [0.2, 0.25) is 0 Å². The number of amides is 1.